The number of halogens is 1. The van der Waals surface area contributed by atoms with Crippen LogP contribution in [0.4, 0.5) is 4.39 Å². The topological polar surface area (TPSA) is 59.8 Å². The number of carbonyl (C=O) groups excluding carboxylic acids is 1. The van der Waals surface area contributed by atoms with Gasteiger partial charge in [-0.25, -0.2) is 4.39 Å². The Morgan fingerprint density at radius 2 is 2.08 bits per heavy atom. The predicted octanol–water partition coefficient (Wildman–Crippen LogP) is 3.52. The lowest BCUT2D eigenvalue weighted by atomic mass is 10.2. The quantitative estimate of drug-likeness (QED) is 0.627. The molecule has 0 bridgehead atoms. The second kappa shape index (κ2) is 8.46. The summed E-state index contributed by atoms with van der Waals surface area (Å²) in [6.45, 7) is 2.46. The van der Waals surface area contributed by atoms with Crippen LogP contribution in [0.3, 0.4) is 0 Å². The van der Waals surface area contributed by atoms with Gasteiger partial charge in [-0.3, -0.25) is 4.79 Å². The Bertz CT molecular complexity index is 862. The van der Waals surface area contributed by atoms with E-state index in [-0.39, 0.29) is 17.0 Å². The van der Waals surface area contributed by atoms with E-state index in [0.29, 0.717) is 17.5 Å². The van der Waals surface area contributed by atoms with Crippen molar-refractivity contribution in [3.63, 3.8) is 0 Å². The molecule has 0 fully saturated rings. The molecule has 8 heteroatoms. The third-order valence-corrected chi connectivity index (χ3v) is 5.91. The van der Waals surface area contributed by atoms with Crippen molar-refractivity contribution in [2.75, 3.05) is 6.54 Å². The number of nitrogens with zero attached hydrogens (tertiary/aromatic N) is 3. The molecule has 1 atom stereocenters. The summed E-state index contributed by atoms with van der Waals surface area (Å²) in [5.41, 5.74) is 0.779. The minimum Gasteiger partial charge on any atom is -0.355 e. The third kappa shape index (κ3) is 4.50. The number of amides is 1. The number of aromatic nitrogens is 3. The normalized spacial score (nSPS) is 12.1. The summed E-state index contributed by atoms with van der Waals surface area (Å²) < 4.78 is 14.9. The first kappa shape index (κ1) is 18.6. The summed E-state index contributed by atoms with van der Waals surface area (Å²) in [7, 11) is 1.84. The third-order valence-electron chi connectivity index (χ3n) is 3.84. The van der Waals surface area contributed by atoms with Gasteiger partial charge in [0.2, 0.25) is 5.91 Å². The molecule has 3 aromatic rings. The van der Waals surface area contributed by atoms with Crippen molar-refractivity contribution in [1.29, 1.82) is 0 Å². The number of hydrogen-bond donors (Lipinski definition) is 1. The van der Waals surface area contributed by atoms with E-state index in [0.717, 1.165) is 12.0 Å². The van der Waals surface area contributed by atoms with Gasteiger partial charge >= 0.3 is 0 Å². The van der Waals surface area contributed by atoms with Crippen LogP contribution in [0.1, 0.15) is 11.8 Å². The highest BCUT2D eigenvalue weighted by atomic mass is 32.2. The van der Waals surface area contributed by atoms with E-state index < -0.39 is 0 Å². The second-order valence-corrected chi connectivity index (χ2v) is 8.09. The summed E-state index contributed by atoms with van der Waals surface area (Å²) in [6.07, 6.45) is 0.833. The molecule has 0 spiro atoms. The Balaban J connectivity index is 1.57. The monoisotopic (exact) mass is 390 g/mol. The maximum atomic E-state index is 13.1. The summed E-state index contributed by atoms with van der Waals surface area (Å²) >= 11 is 3.04. The first-order chi connectivity index (χ1) is 12.5. The first-order valence-electron chi connectivity index (χ1n) is 8.16. The minimum absolute atomic E-state index is 0.0297. The molecular formula is C18H19FN4OS2. The predicted molar refractivity (Wildman–Crippen MR) is 103 cm³/mol. The van der Waals surface area contributed by atoms with E-state index >= 15 is 0 Å². The average molecular weight is 391 g/mol. The maximum absolute atomic E-state index is 13.1. The number of benzene rings is 1. The van der Waals surface area contributed by atoms with Crippen LogP contribution in [0.15, 0.2) is 46.9 Å². The molecule has 1 unspecified atom stereocenters. The molecular weight excluding hydrogens is 371 g/mol. The van der Waals surface area contributed by atoms with Crippen molar-refractivity contribution in [1.82, 2.24) is 20.1 Å². The fraction of sp³-hybridized carbons (Fsp3) is 0.278. The van der Waals surface area contributed by atoms with Gasteiger partial charge in [-0.15, -0.1) is 21.5 Å². The summed E-state index contributed by atoms with van der Waals surface area (Å²) in [6, 6.07) is 10.2. The molecule has 0 aliphatic heterocycles. The van der Waals surface area contributed by atoms with Gasteiger partial charge in [0, 0.05) is 24.0 Å². The Hall–Kier alpha value is -2.19. The maximum Gasteiger partial charge on any atom is 0.233 e. The number of thioether (sulfide) groups is 1. The van der Waals surface area contributed by atoms with Crippen LogP contribution in [-0.4, -0.2) is 32.5 Å². The van der Waals surface area contributed by atoms with Crippen LogP contribution in [0.2, 0.25) is 0 Å². The van der Waals surface area contributed by atoms with Gasteiger partial charge in [0.1, 0.15) is 5.82 Å². The SMILES string of the molecule is CC(Sc1nnc(-c2ccc(F)cc2)n1C)C(=O)NCCc1cccs1. The zero-order valence-electron chi connectivity index (χ0n) is 14.5. The van der Waals surface area contributed by atoms with Crippen molar-refractivity contribution >= 4 is 29.0 Å². The minimum atomic E-state index is -0.293. The molecule has 1 aromatic carbocycles. The van der Waals surface area contributed by atoms with Crippen molar-refractivity contribution in [2.24, 2.45) is 7.05 Å². The Morgan fingerprint density at radius 1 is 1.31 bits per heavy atom. The molecule has 1 amide bonds. The van der Waals surface area contributed by atoms with E-state index in [1.54, 1.807) is 23.5 Å². The highest BCUT2D eigenvalue weighted by molar-refractivity contribution is 8.00. The number of carbonyl (C=O) groups is 1. The van der Waals surface area contributed by atoms with Gasteiger partial charge in [0.25, 0.3) is 0 Å². The van der Waals surface area contributed by atoms with E-state index in [9.17, 15) is 9.18 Å². The fourth-order valence-corrected chi connectivity index (χ4v) is 3.94. The molecule has 3 rings (SSSR count). The molecule has 26 heavy (non-hydrogen) atoms. The highest BCUT2D eigenvalue weighted by Gasteiger charge is 2.19. The zero-order valence-corrected chi connectivity index (χ0v) is 16.1. The fourth-order valence-electron chi connectivity index (χ4n) is 2.39. The number of thiophene rings is 1. The largest absolute Gasteiger partial charge is 0.355 e. The second-order valence-electron chi connectivity index (χ2n) is 5.75. The van der Waals surface area contributed by atoms with Gasteiger partial charge in [-0.1, -0.05) is 17.8 Å². The molecule has 0 saturated heterocycles. The van der Waals surface area contributed by atoms with Crippen LogP contribution in [-0.2, 0) is 18.3 Å². The summed E-state index contributed by atoms with van der Waals surface area (Å²) in [4.78, 5) is 13.5. The van der Waals surface area contributed by atoms with E-state index in [4.69, 9.17) is 0 Å². The van der Waals surface area contributed by atoms with Crippen molar-refractivity contribution in [2.45, 2.75) is 23.8 Å². The van der Waals surface area contributed by atoms with Crippen LogP contribution in [0.5, 0.6) is 0 Å². The van der Waals surface area contributed by atoms with Gasteiger partial charge < -0.3 is 9.88 Å². The number of rotatable bonds is 7. The zero-order chi connectivity index (χ0) is 18.5. The lowest BCUT2D eigenvalue weighted by Gasteiger charge is -2.11. The standard InChI is InChI=1S/C18H19FN4OS2/c1-12(17(24)20-10-9-15-4-3-11-25-15)26-18-22-21-16(23(18)2)13-5-7-14(19)8-6-13/h3-8,11-12H,9-10H2,1-2H3,(H,20,24). The number of nitrogens with one attached hydrogen (secondary N) is 1. The molecule has 2 aromatic heterocycles. The van der Waals surface area contributed by atoms with E-state index in [1.165, 1.54) is 28.8 Å². The molecule has 2 heterocycles. The molecule has 1 N–H and O–H groups in total. The van der Waals surface area contributed by atoms with E-state index in [2.05, 4.69) is 21.6 Å². The van der Waals surface area contributed by atoms with Crippen LogP contribution in [0, 0.1) is 5.82 Å². The Labute approximate surface area is 159 Å². The first-order valence-corrected chi connectivity index (χ1v) is 9.92. The number of hydrogen-bond acceptors (Lipinski definition) is 5. The van der Waals surface area contributed by atoms with Gasteiger partial charge in [0.15, 0.2) is 11.0 Å². The van der Waals surface area contributed by atoms with Gasteiger partial charge in [-0.05, 0) is 49.1 Å². The van der Waals surface area contributed by atoms with E-state index in [1.807, 2.05) is 30.0 Å². The molecule has 0 aliphatic rings. The van der Waals surface area contributed by atoms with Crippen molar-refractivity contribution < 1.29 is 9.18 Å². The average Bonchev–Trinajstić information content (AvgIpc) is 3.26. The lowest BCUT2D eigenvalue weighted by Crippen LogP contribution is -2.32. The highest BCUT2D eigenvalue weighted by Crippen LogP contribution is 2.25. The molecule has 0 radical (unpaired) electrons. The summed E-state index contributed by atoms with van der Waals surface area (Å²) in [5.74, 6) is 0.314. The van der Waals surface area contributed by atoms with Crippen molar-refractivity contribution in [3.8, 4) is 11.4 Å². The lowest BCUT2D eigenvalue weighted by molar-refractivity contribution is -0.120. The van der Waals surface area contributed by atoms with Crippen LogP contribution >= 0.6 is 23.1 Å². The van der Waals surface area contributed by atoms with Crippen molar-refractivity contribution in [3.05, 3.63) is 52.5 Å². The molecule has 5 nitrogen and oxygen atoms in total. The van der Waals surface area contributed by atoms with Gasteiger partial charge in [0.05, 0.1) is 5.25 Å². The molecule has 0 saturated carbocycles. The summed E-state index contributed by atoms with van der Waals surface area (Å²) in [5, 5.41) is 13.7. The Kier molecular flexibility index (Phi) is 6.05. The van der Waals surface area contributed by atoms with Crippen LogP contribution < -0.4 is 5.32 Å². The Morgan fingerprint density at radius 3 is 2.77 bits per heavy atom. The smallest absolute Gasteiger partial charge is 0.233 e. The van der Waals surface area contributed by atoms with Crippen LogP contribution in [0.25, 0.3) is 11.4 Å². The van der Waals surface area contributed by atoms with Gasteiger partial charge in [-0.2, -0.15) is 0 Å². The molecule has 136 valence electrons. The molecule has 0 aliphatic carbocycles.